The van der Waals surface area contributed by atoms with E-state index in [9.17, 15) is 18.4 Å². The Morgan fingerprint density at radius 2 is 1.75 bits per heavy atom. The van der Waals surface area contributed by atoms with E-state index >= 15 is 0 Å². The van der Waals surface area contributed by atoms with Crippen LogP contribution in [0.3, 0.4) is 0 Å². The Morgan fingerprint density at radius 1 is 0.950 bits per heavy atom. The van der Waals surface area contributed by atoms with E-state index in [0.717, 1.165) is 15.3 Å². The molecule has 10 heteroatoms. The monoisotopic (exact) mass is 559 g/mol. The first-order valence-corrected chi connectivity index (χ1v) is 13.0. The number of methoxy groups -OCH3 is 1. The number of amides is 1. The lowest BCUT2D eigenvalue weighted by atomic mass is 10.1. The van der Waals surface area contributed by atoms with Crippen LogP contribution >= 0.6 is 11.3 Å². The number of Topliss-reactive ketones (excluding diaryl/α,β-unsaturated/α-hetero) is 1. The first-order valence-electron chi connectivity index (χ1n) is 12.2. The maximum absolute atomic E-state index is 15.0. The van der Waals surface area contributed by atoms with Crippen LogP contribution < -0.4 is 14.4 Å². The van der Waals surface area contributed by atoms with E-state index in [-0.39, 0.29) is 24.4 Å². The number of carbonyl (C=O) groups excluding carboxylic acids is 2. The van der Waals surface area contributed by atoms with Gasteiger partial charge in [0.15, 0.2) is 11.6 Å². The second-order valence-electron chi connectivity index (χ2n) is 8.91. The lowest BCUT2D eigenvalue weighted by molar-refractivity contribution is -0.126. The van der Waals surface area contributed by atoms with E-state index in [1.165, 1.54) is 59.7 Å². The normalized spacial score (nSPS) is 10.9. The van der Waals surface area contributed by atoms with Gasteiger partial charge in [-0.1, -0.05) is 6.07 Å². The Kier molecular flexibility index (Phi) is 7.79. The number of thiophene rings is 1. The minimum absolute atomic E-state index is 0.00617. The molecule has 0 radical (unpaired) electrons. The average Bonchev–Trinajstić information content (AvgIpc) is 3.40. The minimum Gasteiger partial charge on any atom is -0.495 e. The molecule has 0 aliphatic rings. The van der Waals surface area contributed by atoms with Gasteiger partial charge in [-0.05, 0) is 60.2 Å². The molecule has 202 valence electrons. The predicted molar refractivity (Wildman–Crippen MR) is 149 cm³/mol. The molecule has 0 bridgehead atoms. The smallest absolute Gasteiger partial charge is 0.234 e. The number of fused-ring (bicyclic) bond motifs is 1. The molecule has 3 aromatic heterocycles. The molecule has 0 aliphatic carbocycles. The van der Waals surface area contributed by atoms with E-state index in [2.05, 4.69) is 9.97 Å². The number of ether oxygens (including phenoxy) is 2. The van der Waals surface area contributed by atoms with Gasteiger partial charge in [0.2, 0.25) is 5.91 Å². The maximum atomic E-state index is 15.0. The summed E-state index contributed by atoms with van der Waals surface area (Å²) in [6.45, 7) is 0. The third-order valence-corrected chi connectivity index (χ3v) is 7.32. The van der Waals surface area contributed by atoms with Crippen molar-refractivity contribution in [2.75, 3.05) is 19.1 Å². The highest BCUT2D eigenvalue weighted by atomic mass is 32.1. The predicted octanol–water partition coefficient (Wildman–Crippen LogP) is 6.60. The highest BCUT2D eigenvalue weighted by Crippen LogP contribution is 2.39. The number of hydrogen-bond acceptors (Lipinski definition) is 7. The molecule has 1 amide bonds. The summed E-state index contributed by atoms with van der Waals surface area (Å²) in [4.78, 5) is 36.0. The third kappa shape index (κ3) is 5.97. The van der Waals surface area contributed by atoms with Gasteiger partial charge in [-0.3, -0.25) is 19.6 Å². The van der Waals surface area contributed by atoms with Crippen LogP contribution in [0.2, 0.25) is 0 Å². The molecule has 0 spiro atoms. The minimum atomic E-state index is -0.640. The van der Waals surface area contributed by atoms with Gasteiger partial charge in [0.1, 0.15) is 23.1 Å². The summed E-state index contributed by atoms with van der Waals surface area (Å²) in [5, 5.41) is 0. The molecule has 7 nitrogen and oxygen atoms in total. The molecule has 0 N–H and O–H groups in total. The fourth-order valence-electron chi connectivity index (χ4n) is 4.01. The average molecular weight is 560 g/mol. The number of hydrogen-bond donors (Lipinski definition) is 0. The number of carbonyl (C=O) groups is 2. The second kappa shape index (κ2) is 11.6. The van der Waals surface area contributed by atoms with Gasteiger partial charge in [0.25, 0.3) is 0 Å². The molecule has 40 heavy (non-hydrogen) atoms. The van der Waals surface area contributed by atoms with Crippen LogP contribution in [-0.2, 0) is 16.0 Å². The van der Waals surface area contributed by atoms with Crippen molar-refractivity contribution in [3.05, 3.63) is 96.3 Å². The van der Waals surface area contributed by atoms with Crippen LogP contribution in [0.5, 0.6) is 17.2 Å². The summed E-state index contributed by atoms with van der Waals surface area (Å²) in [5.41, 5.74) is 2.32. The number of aromatic nitrogens is 2. The fourth-order valence-corrected chi connectivity index (χ4v) is 5.05. The number of nitrogens with zero attached hydrogens (tertiary/aromatic N) is 3. The van der Waals surface area contributed by atoms with E-state index in [1.54, 1.807) is 31.6 Å². The highest BCUT2D eigenvalue weighted by molar-refractivity contribution is 7.22. The van der Waals surface area contributed by atoms with Gasteiger partial charge in [0, 0.05) is 31.4 Å². The van der Waals surface area contributed by atoms with Crippen molar-refractivity contribution in [3.63, 3.8) is 0 Å². The second-order valence-corrected chi connectivity index (χ2v) is 9.96. The van der Waals surface area contributed by atoms with E-state index in [0.29, 0.717) is 28.3 Å². The summed E-state index contributed by atoms with van der Waals surface area (Å²) in [6.07, 6.45) is 2.72. The van der Waals surface area contributed by atoms with Gasteiger partial charge < -0.3 is 14.4 Å². The maximum Gasteiger partial charge on any atom is 0.234 e. The Bertz CT molecular complexity index is 1690. The SMILES string of the molecule is COc1ccc(-c2cc3nccc(Oc4ccc(CC(=O)CC(=O)N(C)c5ccc(F)cc5)cc4F)c3s2)nc1. The van der Waals surface area contributed by atoms with Gasteiger partial charge in [-0.2, -0.15) is 0 Å². The fraction of sp³-hybridized carbons (Fsp3) is 0.133. The summed E-state index contributed by atoms with van der Waals surface area (Å²) in [6, 6.07) is 16.9. The summed E-state index contributed by atoms with van der Waals surface area (Å²) in [7, 11) is 3.08. The molecule has 0 fully saturated rings. The lowest BCUT2D eigenvalue weighted by Gasteiger charge is -2.17. The zero-order valence-corrected chi connectivity index (χ0v) is 22.4. The molecule has 3 heterocycles. The van der Waals surface area contributed by atoms with Crippen LogP contribution in [0.15, 0.2) is 79.1 Å². The lowest BCUT2D eigenvalue weighted by Crippen LogP contribution is -2.28. The van der Waals surface area contributed by atoms with Crippen molar-refractivity contribution >= 4 is 38.9 Å². The van der Waals surface area contributed by atoms with Crippen LogP contribution in [0.1, 0.15) is 12.0 Å². The molecule has 5 aromatic rings. The van der Waals surface area contributed by atoms with Crippen LogP contribution in [0, 0.1) is 11.6 Å². The molecule has 0 saturated carbocycles. The summed E-state index contributed by atoms with van der Waals surface area (Å²) >= 11 is 1.42. The van der Waals surface area contributed by atoms with Gasteiger partial charge in [-0.25, -0.2) is 8.78 Å². The zero-order chi connectivity index (χ0) is 28.2. The van der Waals surface area contributed by atoms with Crippen molar-refractivity contribution in [1.82, 2.24) is 9.97 Å². The van der Waals surface area contributed by atoms with E-state index < -0.39 is 17.5 Å². The van der Waals surface area contributed by atoms with Crippen LogP contribution in [0.4, 0.5) is 14.5 Å². The van der Waals surface area contributed by atoms with Crippen LogP contribution in [-0.4, -0.2) is 35.8 Å². The molecular weight excluding hydrogens is 536 g/mol. The topological polar surface area (TPSA) is 81.6 Å². The highest BCUT2D eigenvalue weighted by Gasteiger charge is 2.18. The van der Waals surface area contributed by atoms with Gasteiger partial charge in [-0.15, -0.1) is 11.3 Å². The quantitative estimate of drug-likeness (QED) is 0.189. The van der Waals surface area contributed by atoms with E-state index in [1.807, 2.05) is 18.2 Å². The molecule has 0 saturated heterocycles. The van der Waals surface area contributed by atoms with Crippen LogP contribution in [0.25, 0.3) is 20.8 Å². The number of halogens is 2. The third-order valence-electron chi connectivity index (χ3n) is 6.15. The number of rotatable bonds is 9. The van der Waals surface area contributed by atoms with Gasteiger partial charge in [0.05, 0.1) is 40.5 Å². The standard InChI is InChI=1S/C30H23F2N3O4S/c1-35(20-6-4-19(31)5-7-20)29(37)15-21(36)13-18-3-10-26(23(32)14-18)39-27-11-12-33-25-16-28(40-30(25)27)24-9-8-22(38-2)17-34-24/h3-12,14,16-17H,13,15H2,1-2H3. The zero-order valence-electron chi connectivity index (χ0n) is 21.6. The van der Waals surface area contributed by atoms with Crippen molar-refractivity contribution in [1.29, 1.82) is 0 Å². The number of benzene rings is 2. The largest absolute Gasteiger partial charge is 0.495 e. The molecule has 0 atom stereocenters. The summed E-state index contributed by atoms with van der Waals surface area (Å²) < 4.78 is 39.9. The van der Waals surface area contributed by atoms with Gasteiger partial charge >= 0.3 is 0 Å². The van der Waals surface area contributed by atoms with Crippen molar-refractivity contribution in [2.45, 2.75) is 12.8 Å². The van der Waals surface area contributed by atoms with Crippen molar-refractivity contribution < 1.29 is 27.8 Å². The van der Waals surface area contributed by atoms with Crippen molar-refractivity contribution in [3.8, 4) is 27.8 Å². The molecule has 5 rings (SSSR count). The Hall–Kier alpha value is -4.70. The Morgan fingerprint density at radius 3 is 2.45 bits per heavy atom. The summed E-state index contributed by atoms with van der Waals surface area (Å²) in [5.74, 6) is -0.801. The molecule has 0 unspecified atom stereocenters. The molecule has 0 aliphatic heterocycles. The number of ketones is 1. The Balaban J connectivity index is 1.26. The first kappa shape index (κ1) is 26.9. The number of pyridine rings is 2. The molecular formula is C30H23F2N3O4S. The molecule has 2 aromatic carbocycles. The van der Waals surface area contributed by atoms with E-state index in [4.69, 9.17) is 9.47 Å². The first-order chi connectivity index (χ1) is 19.3. The Labute approximate surface area is 232 Å². The number of anilines is 1. The van der Waals surface area contributed by atoms with Crippen molar-refractivity contribution in [2.24, 2.45) is 0 Å².